The molecule has 0 saturated heterocycles. The summed E-state index contributed by atoms with van der Waals surface area (Å²) in [6.07, 6.45) is 0. The molecule has 0 saturated carbocycles. The lowest BCUT2D eigenvalue weighted by molar-refractivity contribution is -0.117. The zero-order valence-corrected chi connectivity index (χ0v) is 10.9. The molecule has 0 aliphatic rings. The number of nitrogens with two attached hydrogens (primary N) is 1. The third-order valence-electron chi connectivity index (χ3n) is 2.91. The lowest BCUT2D eigenvalue weighted by Gasteiger charge is -2.13. The number of amides is 1. The Morgan fingerprint density at radius 1 is 1.14 bits per heavy atom. The molecule has 2 aromatic rings. The molecule has 0 aromatic heterocycles. The van der Waals surface area contributed by atoms with Crippen molar-refractivity contribution in [2.45, 2.75) is 6.04 Å². The normalized spacial score (nSPS) is 11.7. The molecule has 0 unspecified atom stereocenters. The second kappa shape index (κ2) is 6.15. The Bertz CT molecular complexity index is 674. The summed E-state index contributed by atoms with van der Waals surface area (Å²) >= 11 is 0. The minimum absolute atomic E-state index is 0.171. The summed E-state index contributed by atoms with van der Waals surface area (Å²) in [5.74, 6) is -2.78. The fourth-order valence-electron chi connectivity index (χ4n) is 1.80. The number of halogens is 1. The van der Waals surface area contributed by atoms with Gasteiger partial charge in [-0.15, -0.1) is 0 Å². The Hall–Kier alpha value is -2.73. The molecule has 6 heteroatoms. The van der Waals surface area contributed by atoms with E-state index in [1.165, 1.54) is 6.07 Å². The summed E-state index contributed by atoms with van der Waals surface area (Å²) in [6.45, 7) is 0. The van der Waals surface area contributed by atoms with Gasteiger partial charge in [0.1, 0.15) is 11.9 Å². The first-order chi connectivity index (χ1) is 9.99. The zero-order chi connectivity index (χ0) is 15.4. The van der Waals surface area contributed by atoms with Gasteiger partial charge in [-0.05, 0) is 23.8 Å². The number of carbonyl (C=O) groups is 2. The van der Waals surface area contributed by atoms with Crippen LogP contribution < -0.4 is 11.1 Å². The van der Waals surface area contributed by atoms with Crippen molar-refractivity contribution in [1.29, 1.82) is 0 Å². The first kappa shape index (κ1) is 14.7. The van der Waals surface area contributed by atoms with Gasteiger partial charge in [-0.3, -0.25) is 4.79 Å². The molecule has 0 bridgehead atoms. The van der Waals surface area contributed by atoms with Gasteiger partial charge >= 0.3 is 5.97 Å². The first-order valence-corrected chi connectivity index (χ1v) is 6.13. The van der Waals surface area contributed by atoms with Gasteiger partial charge in [0.15, 0.2) is 0 Å². The van der Waals surface area contributed by atoms with Crippen LogP contribution in [0.1, 0.15) is 22.0 Å². The first-order valence-electron chi connectivity index (χ1n) is 6.13. The van der Waals surface area contributed by atoms with Crippen LogP contribution in [0.15, 0.2) is 48.5 Å². The standard InChI is InChI=1S/C15H13FN2O3/c16-12-7-6-10(8-11(12)15(20)21)18-14(19)13(17)9-4-2-1-3-5-9/h1-8,13H,17H2,(H,18,19)(H,20,21)/t13-/m0/s1. The smallest absolute Gasteiger partial charge is 0.338 e. The number of carboxylic acid groups (broad SMARTS) is 1. The third kappa shape index (κ3) is 3.43. The van der Waals surface area contributed by atoms with Crippen LogP contribution in [-0.4, -0.2) is 17.0 Å². The lowest BCUT2D eigenvalue weighted by atomic mass is 10.1. The van der Waals surface area contributed by atoms with Crippen LogP contribution in [0.25, 0.3) is 0 Å². The van der Waals surface area contributed by atoms with Gasteiger partial charge in [0, 0.05) is 5.69 Å². The lowest BCUT2D eigenvalue weighted by Crippen LogP contribution is -2.27. The van der Waals surface area contributed by atoms with E-state index in [4.69, 9.17) is 10.8 Å². The second-order valence-corrected chi connectivity index (χ2v) is 4.38. The molecule has 2 rings (SSSR count). The molecule has 21 heavy (non-hydrogen) atoms. The largest absolute Gasteiger partial charge is 0.478 e. The van der Waals surface area contributed by atoms with E-state index >= 15 is 0 Å². The minimum atomic E-state index is -1.41. The molecular weight excluding hydrogens is 275 g/mol. The fraction of sp³-hybridized carbons (Fsp3) is 0.0667. The quantitative estimate of drug-likeness (QED) is 0.803. The SMILES string of the molecule is N[C@H](C(=O)Nc1ccc(F)c(C(=O)O)c1)c1ccccc1. The van der Waals surface area contributed by atoms with Gasteiger partial charge in [0.25, 0.3) is 0 Å². The zero-order valence-electron chi connectivity index (χ0n) is 10.9. The molecule has 1 amide bonds. The number of anilines is 1. The summed E-state index contributed by atoms with van der Waals surface area (Å²) in [5.41, 5.74) is 6.09. The summed E-state index contributed by atoms with van der Waals surface area (Å²) in [4.78, 5) is 22.8. The molecule has 108 valence electrons. The van der Waals surface area contributed by atoms with Crippen molar-refractivity contribution in [2.24, 2.45) is 5.73 Å². The predicted molar refractivity (Wildman–Crippen MR) is 75.4 cm³/mol. The van der Waals surface area contributed by atoms with E-state index in [1.54, 1.807) is 30.3 Å². The van der Waals surface area contributed by atoms with E-state index in [-0.39, 0.29) is 5.69 Å². The van der Waals surface area contributed by atoms with Gasteiger partial charge in [-0.2, -0.15) is 0 Å². The van der Waals surface area contributed by atoms with Gasteiger partial charge < -0.3 is 16.2 Å². The second-order valence-electron chi connectivity index (χ2n) is 4.38. The van der Waals surface area contributed by atoms with Crippen molar-refractivity contribution in [2.75, 3.05) is 5.32 Å². The third-order valence-corrected chi connectivity index (χ3v) is 2.91. The number of nitrogens with one attached hydrogen (secondary N) is 1. The van der Waals surface area contributed by atoms with E-state index in [1.807, 2.05) is 0 Å². The predicted octanol–water partition coefficient (Wildman–Crippen LogP) is 2.16. The van der Waals surface area contributed by atoms with Crippen molar-refractivity contribution in [3.05, 3.63) is 65.5 Å². The van der Waals surface area contributed by atoms with E-state index in [0.29, 0.717) is 5.56 Å². The molecule has 0 spiro atoms. The van der Waals surface area contributed by atoms with E-state index in [2.05, 4.69) is 5.32 Å². The molecule has 2 aromatic carbocycles. The average molecular weight is 288 g/mol. The summed E-state index contributed by atoms with van der Waals surface area (Å²) in [6, 6.07) is 11.1. The Morgan fingerprint density at radius 2 is 1.81 bits per heavy atom. The van der Waals surface area contributed by atoms with Crippen molar-refractivity contribution < 1.29 is 19.1 Å². The van der Waals surface area contributed by atoms with Crippen LogP contribution in [0.3, 0.4) is 0 Å². The molecule has 0 heterocycles. The highest BCUT2D eigenvalue weighted by atomic mass is 19.1. The van der Waals surface area contributed by atoms with Crippen LogP contribution in [0, 0.1) is 5.82 Å². The maximum atomic E-state index is 13.3. The molecule has 0 fully saturated rings. The highest BCUT2D eigenvalue weighted by molar-refractivity contribution is 5.97. The fourth-order valence-corrected chi connectivity index (χ4v) is 1.80. The van der Waals surface area contributed by atoms with Crippen molar-refractivity contribution in [3.8, 4) is 0 Å². The maximum Gasteiger partial charge on any atom is 0.338 e. The van der Waals surface area contributed by atoms with Crippen LogP contribution >= 0.6 is 0 Å². The average Bonchev–Trinajstić information content (AvgIpc) is 2.49. The van der Waals surface area contributed by atoms with E-state index in [9.17, 15) is 14.0 Å². The Labute approximate surface area is 120 Å². The van der Waals surface area contributed by atoms with Crippen LogP contribution in [0.5, 0.6) is 0 Å². The van der Waals surface area contributed by atoms with Gasteiger partial charge in [0.05, 0.1) is 5.56 Å². The minimum Gasteiger partial charge on any atom is -0.478 e. The number of carboxylic acids is 1. The molecular formula is C15H13FN2O3. The molecule has 0 radical (unpaired) electrons. The Kier molecular flexibility index (Phi) is 4.30. The number of aromatic carboxylic acids is 1. The monoisotopic (exact) mass is 288 g/mol. The van der Waals surface area contributed by atoms with Crippen LogP contribution in [0.4, 0.5) is 10.1 Å². The number of rotatable bonds is 4. The topological polar surface area (TPSA) is 92.4 Å². The van der Waals surface area contributed by atoms with E-state index in [0.717, 1.165) is 12.1 Å². The summed E-state index contributed by atoms with van der Waals surface area (Å²) in [7, 11) is 0. The Balaban J connectivity index is 2.16. The van der Waals surface area contributed by atoms with Crippen LogP contribution in [0.2, 0.25) is 0 Å². The van der Waals surface area contributed by atoms with Crippen LogP contribution in [-0.2, 0) is 4.79 Å². The highest BCUT2D eigenvalue weighted by Gasteiger charge is 2.17. The number of benzene rings is 2. The van der Waals surface area contributed by atoms with Gasteiger partial charge in [-0.25, -0.2) is 9.18 Å². The van der Waals surface area contributed by atoms with E-state index < -0.39 is 29.3 Å². The Morgan fingerprint density at radius 3 is 2.43 bits per heavy atom. The number of carbonyl (C=O) groups excluding carboxylic acids is 1. The van der Waals surface area contributed by atoms with Gasteiger partial charge in [0.2, 0.25) is 5.91 Å². The highest BCUT2D eigenvalue weighted by Crippen LogP contribution is 2.17. The molecule has 0 aliphatic carbocycles. The maximum absolute atomic E-state index is 13.3. The molecule has 5 nitrogen and oxygen atoms in total. The van der Waals surface area contributed by atoms with Gasteiger partial charge in [-0.1, -0.05) is 30.3 Å². The molecule has 4 N–H and O–H groups in total. The summed E-state index contributed by atoms with van der Waals surface area (Å²) in [5, 5.41) is 11.3. The summed E-state index contributed by atoms with van der Waals surface area (Å²) < 4.78 is 13.3. The number of hydrogen-bond donors (Lipinski definition) is 3. The van der Waals surface area contributed by atoms with Crippen molar-refractivity contribution in [3.63, 3.8) is 0 Å². The van der Waals surface area contributed by atoms with Crippen molar-refractivity contribution in [1.82, 2.24) is 0 Å². The number of hydrogen-bond acceptors (Lipinski definition) is 3. The van der Waals surface area contributed by atoms with Crippen molar-refractivity contribution >= 4 is 17.6 Å². The molecule has 1 atom stereocenters. The molecule has 0 aliphatic heterocycles.